The lowest BCUT2D eigenvalue weighted by Crippen LogP contribution is -2.44. The number of hydrogen-bond donors (Lipinski definition) is 0. The molecule has 0 aliphatic carbocycles. The second-order valence-electron chi connectivity index (χ2n) is 4.28. The Morgan fingerprint density at radius 1 is 1.33 bits per heavy atom. The maximum absolute atomic E-state index is 11.7. The molecule has 88 valence electrons. The van der Waals surface area contributed by atoms with E-state index < -0.39 is 0 Å². The Hall–Kier alpha value is -0.570. The molecule has 0 amide bonds. The van der Waals surface area contributed by atoms with Crippen LogP contribution in [-0.4, -0.2) is 37.1 Å². The molecule has 1 aliphatic rings. The van der Waals surface area contributed by atoms with E-state index in [1.165, 1.54) is 26.4 Å². The molecule has 1 aliphatic heterocycles. The van der Waals surface area contributed by atoms with Gasteiger partial charge in [0.05, 0.1) is 7.11 Å². The number of methoxy groups -OCH3 is 1. The van der Waals surface area contributed by atoms with Crippen molar-refractivity contribution in [2.24, 2.45) is 0 Å². The smallest absolute Gasteiger partial charge is 0.323 e. The zero-order chi connectivity index (χ0) is 11.1. The van der Waals surface area contributed by atoms with E-state index in [0.29, 0.717) is 0 Å². The Bertz CT molecular complexity index is 188. The highest BCUT2D eigenvalue weighted by molar-refractivity contribution is 5.75. The van der Waals surface area contributed by atoms with E-state index in [4.69, 9.17) is 4.74 Å². The maximum atomic E-state index is 11.7. The number of nitrogens with zero attached hydrogens (tertiary/aromatic N) is 1. The summed E-state index contributed by atoms with van der Waals surface area (Å²) in [5, 5.41) is 0. The summed E-state index contributed by atoms with van der Waals surface area (Å²) in [5.41, 5.74) is 0. The van der Waals surface area contributed by atoms with Crippen molar-refractivity contribution in [3.63, 3.8) is 0 Å². The highest BCUT2D eigenvalue weighted by Gasteiger charge is 2.26. The number of likely N-dealkylation sites (tertiary alicyclic amines) is 1. The van der Waals surface area contributed by atoms with Crippen LogP contribution in [0.5, 0.6) is 0 Å². The summed E-state index contributed by atoms with van der Waals surface area (Å²) < 4.78 is 4.88. The minimum Gasteiger partial charge on any atom is -0.468 e. The van der Waals surface area contributed by atoms with Gasteiger partial charge in [-0.15, -0.1) is 0 Å². The lowest BCUT2D eigenvalue weighted by molar-refractivity contribution is -0.147. The fourth-order valence-corrected chi connectivity index (χ4v) is 2.21. The van der Waals surface area contributed by atoms with Gasteiger partial charge in [-0.2, -0.15) is 0 Å². The number of esters is 1. The van der Waals surface area contributed by atoms with E-state index in [9.17, 15) is 4.79 Å². The number of piperidine rings is 1. The molecule has 1 fully saturated rings. The van der Waals surface area contributed by atoms with Gasteiger partial charge >= 0.3 is 5.97 Å². The molecule has 0 spiro atoms. The molecule has 1 rings (SSSR count). The van der Waals surface area contributed by atoms with Gasteiger partial charge in [0.1, 0.15) is 6.04 Å². The molecule has 15 heavy (non-hydrogen) atoms. The van der Waals surface area contributed by atoms with Gasteiger partial charge in [-0.05, 0) is 32.4 Å². The minimum atomic E-state index is -0.0506. The molecule has 3 nitrogen and oxygen atoms in total. The third-order valence-corrected chi connectivity index (χ3v) is 3.14. The van der Waals surface area contributed by atoms with Gasteiger partial charge in [-0.3, -0.25) is 9.69 Å². The summed E-state index contributed by atoms with van der Waals surface area (Å²) in [4.78, 5) is 13.9. The average molecular weight is 213 g/mol. The maximum Gasteiger partial charge on any atom is 0.323 e. The molecule has 0 aromatic carbocycles. The quantitative estimate of drug-likeness (QED) is 0.656. The Balaban J connectivity index is 2.49. The van der Waals surface area contributed by atoms with E-state index in [1.54, 1.807) is 0 Å². The molecule has 0 unspecified atom stereocenters. The topological polar surface area (TPSA) is 29.5 Å². The summed E-state index contributed by atoms with van der Waals surface area (Å²) in [5.74, 6) is -0.0506. The average Bonchev–Trinajstić information content (AvgIpc) is 2.30. The van der Waals surface area contributed by atoms with Crippen molar-refractivity contribution >= 4 is 5.97 Å². The third-order valence-electron chi connectivity index (χ3n) is 3.14. The van der Waals surface area contributed by atoms with Crippen LogP contribution in [0.1, 0.15) is 45.4 Å². The van der Waals surface area contributed by atoms with Crippen LogP contribution in [0.3, 0.4) is 0 Å². The van der Waals surface area contributed by atoms with Crippen molar-refractivity contribution in [2.75, 3.05) is 20.2 Å². The Morgan fingerprint density at radius 2 is 2.00 bits per heavy atom. The molecule has 0 N–H and O–H groups in total. The predicted molar refractivity (Wildman–Crippen MR) is 60.8 cm³/mol. The fourth-order valence-electron chi connectivity index (χ4n) is 2.21. The molecule has 0 aromatic heterocycles. The van der Waals surface area contributed by atoms with Crippen molar-refractivity contribution in [3.05, 3.63) is 0 Å². The first kappa shape index (κ1) is 12.5. The SMILES string of the molecule is CCCC[C@H](C(=O)OC)N1CCCCC1. The van der Waals surface area contributed by atoms with E-state index in [0.717, 1.165) is 32.4 Å². The number of rotatable bonds is 5. The van der Waals surface area contributed by atoms with Crippen LogP contribution in [0.2, 0.25) is 0 Å². The second kappa shape index (κ2) is 6.83. The normalized spacial score (nSPS) is 19.9. The predicted octanol–water partition coefficient (Wildman–Crippen LogP) is 2.20. The monoisotopic (exact) mass is 213 g/mol. The summed E-state index contributed by atoms with van der Waals surface area (Å²) in [6, 6.07) is 0.00949. The zero-order valence-corrected chi connectivity index (χ0v) is 10.00. The standard InChI is InChI=1S/C12H23NO2/c1-3-4-8-11(12(14)15-2)13-9-6-5-7-10-13/h11H,3-10H2,1-2H3/t11-/m1/s1. The molecule has 0 saturated carbocycles. The molecule has 0 bridgehead atoms. The second-order valence-corrected chi connectivity index (χ2v) is 4.28. The molecular formula is C12H23NO2. The van der Waals surface area contributed by atoms with Crippen molar-refractivity contribution in [1.82, 2.24) is 4.90 Å². The number of carbonyl (C=O) groups is 1. The number of hydrogen-bond acceptors (Lipinski definition) is 3. The highest BCUT2D eigenvalue weighted by Crippen LogP contribution is 2.17. The molecule has 3 heteroatoms. The molecule has 0 aromatic rings. The van der Waals surface area contributed by atoms with Gasteiger partial charge < -0.3 is 4.74 Å². The summed E-state index contributed by atoms with van der Waals surface area (Å²) in [6.45, 7) is 4.28. The van der Waals surface area contributed by atoms with E-state index in [-0.39, 0.29) is 12.0 Å². The molecular weight excluding hydrogens is 190 g/mol. The Labute approximate surface area is 92.8 Å². The Morgan fingerprint density at radius 3 is 2.53 bits per heavy atom. The molecule has 1 saturated heterocycles. The fraction of sp³-hybridized carbons (Fsp3) is 0.917. The van der Waals surface area contributed by atoms with Crippen molar-refractivity contribution in [2.45, 2.75) is 51.5 Å². The number of ether oxygens (including phenoxy) is 1. The Kier molecular flexibility index (Phi) is 5.69. The first-order valence-electron chi connectivity index (χ1n) is 6.11. The van der Waals surface area contributed by atoms with Crippen LogP contribution in [0.15, 0.2) is 0 Å². The summed E-state index contributed by atoms with van der Waals surface area (Å²) in [6.07, 6.45) is 6.94. The van der Waals surface area contributed by atoms with E-state index >= 15 is 0 Å². The van der Waals surface area contributed by atoms with Crippen molar-refractivity contribution < 1.29 is 9.53 Å². The third kappa shape index (κ3) is 3.82. The van der Waals surface area contributed by atoms with Crippen LogP contribution >= 0.6 is 0 Å². The minimum absolute atomic E-state index is 0.00949. The summed E-state index contributed by atoms with van der Waals surface area (Å²) in [7, 11) is 1.49. The summed E-state index contributed by atoms with van der Waals surface area (Å²) >= 11 is 0. The van der Waals surface area contributed by atoms with E-state index in [1.807, 2.05) is 0 Å². The lowest BCUT2D eigenvalue weighted by Gasteiger charge is -2.32. The van der Waals surface area contributed by atoms with Gasteiger partial charge in [0, 0.05) is 0 Å². The van der Waals surface area contributed by atoms with Gasteiger partial charge in [0.25, 0.3) is 0 Å². The van der Waals surface area contributed by atoms with Crippen LogP contribution in [0.25, 0.3) is 0 Å². The van der Waals surface area contributed by atoms with Gasteiger partial charge in [-0.25, -0.2) is 0 Å². The molecule has 1 heterocycles. The highest BCUT2D eigenvalue weighted by atomic mass is 16.5. The van der Waals surface area contributed by atoms with Crippen LogP contribution in [-0.2, 0) is 9.53 Å². The van der Waals surface area contributed by atoms with E-state index in [2.05, 4.69) is 11.8 Å². The van der Waals surface area contributed by atoms with Crippen molar-refractivity contribution in [1.29, 1.82) is 0 Å². The lowest BCUT2D eigenvalue weighted by atomic mass is 10.0. The largest absolute Gasteiger partial charge is 0.468 e. The number of unbranched alkanes of at least 4 members (excludes halogenated alkanes) is 1. The van der Waals surface area contributed by atoms with Gasteiger partial charge in [-0.1, -0.05) is 26.2 Å². The van der Waals surface area contributed by atoms with Crippen LogP contribution in [0.4, 0.5) is 0 Å². The van der Waals surface area contributed by atoms with Gasteiger partial charge in [0.2, 0.25) is 0 Å². The van der Waals surface area contributed by atoms with Crippen LogP contribution < -0.4 is 0 Å². The first-order chi connectivity index (χ1) is 7.29. The molecule has 0 radical (unpaired) electrons. The van der Waals surface area contributed by atoms with Gasteiger partial charge in [0.15, 0.2) is 0 Å². The number of carbonyl (C=O) groups excluding carboxylic acids is 1. The van der Waals surface area contributed by atoms with Crippen molar-refractivity contribution in [3.8, 4) is 0 Å². The first-order valence-corrected chi connectivity index (χ1v) is 6.11. The van der Waals surface area contributed by atoms with Crippen LogP contribution in [0, 0.1) is 0 Å². The zero-order valence-electron chi connectivity index (χ0n) is 10.00. The molecule has 1 atom stereocenters.